The van der Waals surface area contributed by atoms with Crippen LogP contribution in [0.5, 0.6) is 11.5 Å². The second kappa shape index (κ2) is 10.7. The fourth-order valence-corrected chi connectivity index (χ4v) is 4.83. The van der Waals surface area contributed by atoms with Crippen LogP contribution >= 0.6 is 11.6 Å². The fourth-order valence-electron chi connectivity index (χ4n) is 3.22. The van der Waals surface area contributed by atoms with Gasteiger partial charge in [0.1, 0.15) is 0 Å². The van der Waals surface area contributed by atoms with Crippen LogP contribution in [0.25, 0.3) is 0 Å². The molecule has 0 saturated carbocycles. The number of hydrogen-bond donors (Lipinski definition) is 1. The average Bonchev–Trinajstić information content (AvgIpc) is 2.80. The van der Waals surface area contributed by atoms with Gasteiger partial charge >= 0.3 is 0 Å². The van der Waals surface area contributed by atoms with E-state index in [1.807, 2.05) is 6.92 Å². The Labute approximate surface area is 194 Å². The first-order valence-corrected chi connectivity index (χ1v) is 11.9. The van der Waals surface area contributed by atoms with Crippen LogP contribution in [0, 0.1) is 6.92 Å². The summed E-state index contributed by atoms with van der Waals surface area (Å²) < 4.78 is 39.0. The third kappa shape index (κ3) is 5.73. The van der Waals surface area contributed by atoms with E-state index in [1.165, 1.54) is 36.2 Å². The van der Waals surface area contributed by atoms with E-state index < -0.39 is 10.0 Å². The van der Waals surface area contributed by atoms with E-state index in [4.69, 9.17) is 21.1 Å². The highest BCUT2D eigenvalue weighted by Crippen LogP contribution is 2.32. The third-order valence-electron chi connectivity index (χ3n) is 5.00. The van der Waals surface area contributed by atoms with Gasteiger partial charge in [0, 0.05) is 30.7 Å². The molecule has 0 aliphatic heterocycles. The largest absolute Gasteiger partial charge is 0.493 e. The maximum absolute atomic E-state index is 13.6. The second-order valence-electron chi connectivity index (χ2n) is 7.23. The summed E-state index contributed by atoms with van der Waals surface area (Å²) in [5.41, 5.74) is 2.86. The SMILES string of the molecule is COc1ccc(S(=O)(=O)N(CCNCc2ccc(C)cc2)c2ccc(Cl)cc2)cc1OC. The molecular formula is C24H27ClN2O4S. The van der Waals surface area contributed by atoms with Crippen LogP contribution in [0.15, 0.2) is 71.6 Å². The lowest BCUT2D eigenvalue weighted by Crippen LogP contribution is -2.37. The van der Waals surface area contributed by atoms with Crippen molar-refractivity contribution >= 4 is 27.3 Å². The van der Waals surface area contributed by atoms with Crippen LogP contribution in [0.1, 0.15) is 11.1 Å². The van der Waals surface area contributed by atoms with Crippen molar-refractivity contribution in [1.82, 2.24) is 5.32 Å². The van der Waals surface area contributed by atoms with Gasteiger partial charge in [0.05, 0.1) is 24.8 Å². The van der Waals surface area contributed by atoms with Gasteiger partial charge in [-0.15, -0.1) is 0 Å². The van der Waals surface area contributed by atoms with Crippen LogP contribution < -0.4 is 19.1 Å². The number of nitrogens with one attached hydrogen (secondary N) is 1. The van der Waals surface area contributed by atoms with Crippen molar-refractivity contribution in [3.8, 4) is 11.5 Å². The molecule has 0 aliphatic carbocycles. The first kappa shape index (κ1) is 23.9. The highest BCUT2D eigenvalue weighted by atomic mass is 35.5. The normalized spacial score (nSPS) is 11.2. The van der Waals surface area contributed by atoms with Gasteiger partial charge in [0.25, 0.3) is 10.0 Å². The number of rotatable bonds is 10. The highest BCUT2D eigenvalue weighted by Gasteiger charge is 2.26. The lowest BCUT2D eigenvalue weighted by molar-refractivity contribution is 0.354. The zero-order chi connectivity index (χ0) is 23.1. The molecule has 0 bridgehead atoms. The Morgan fingerprint density at radius 1 is 0.906 bits per heavy atom. The molecule has 0 aliphatic rings. The Morgan fingerprint density at radius 2 is 1.56 bits per heavy atom. The predicted octanol–water partition coefficient (Wildman–Crippen LogP) is 4.65. The van der Waals surface area contributed by atoms with Gasteiger partial charge in [-0.05, 0) is 48.9 Å². The van der Waals surface area contributed by atoms with E-state index in [0.29, 0.717) is 35.3 Å². The minimum absolute atomic E-state index is 0.114. The summed E-state index contributed by atoms with van der Waals surface area (Å²) in [7, 11) is -0.882. The number of anilines is 1. The molecule has 8 heteroatoms. The summed E-state index contributed by atoms with van der Waals surface area (Å²) >= 11 is 6.02. The summed E-state index contributed by atoms with van der Waals surface area (Å²) in [5, 5.41) is 3.86. The molecule has 3 rings (SSSR count). The van der Waals surface area contributed by atoms with E-state index in [0.717, 1.165) is 5.56 Å². The zero-order valence-corrected chi connectivity index (χ0v) is 19.9. The lowest BCUT2D eigenvalue weighted by atomic mass is 10.1. The molecule has 0 heterocycles. The van der Waals surface area contributed by atoms with Gasteiger partial charge in [0.15, 0.2) is 11.5 Å². The number of aryl methyl sites for hydroxylation is 1. The van der Waals surface area contributed by atoms with Crippen molar-refractivity contribution in [2.75, 3.05) is 31.6 Å². The Balaban J connectivity index is 1.83. The van der Waals surface area contributed by atoms with Gasteiger partial charge in [-0.2, -0.15) is 0 Å². The Hall–Kier alpha value is -2.74. The van der Waals surface area contributed by atoms with E-state index in [-0.39, 0.29) is 11.4 Å². The number of ether oxygens (including phenoxy) is 2. The molecular weight excluding hydrogens is 448 g/mol. The van der Waals surface area contributed by atoms with Crippen molar-refractivity contribution in [1.29, 1.82) is 0 Å². The number of methoxy groups -OCH3 is 2. The molecule has 0 unspecified atom stereocenters. The quantitative estimate of drug-likeness (QED) is 0.433. The zero-order valence-electron chi connectivity index (χ0n) is 18.3. The number of hydrogen-bond acceptors (Lipinski definition) is 5. The molecule has 3 aromatic rings. The lowest BCUT2D eigenvalue weighted by Gasteiger charge is -2.25. The summed E-state index contributed by atoms with van der Waals surface area (Å²) in [6.07, 6.45) is 0. The predicted molar refractivity (Wildman–Crippen MR) is 128 cm³/mol. The van der Waals surface area contributed by atoms with E-state index in [2.05, 4.69) is 29.6 Å². The maximum Gasteiger partial charge on any atom is 0.264 e. The molecule has 0 fully saturated rings. The van der Waals surface area contributed by atoms with Crippen LogP contribution in [0.3, 0.4) is 0 Å². The first-order chi connectivity index (χ1) is 15.3. The number of sulfonamides is 1. The monoisotopic (exact) mass is 474 g/mol. The standard InChI is InChI=1S/C24H27ClN2O4S/c1-18-4-6-19(7-5-18)17-26-14-15-27(21-10-8-20(25)9-11-21)32(28,29)22-12-13-23(30-2)24(16-22)31-3/h4-13,16,26H,14-15,17H2,1-3H3. The van der Waals surface area contributed by atoms with Gasteiger partial charge in [-0.25, -0.2) is 8.42 Å². The van der Waals surface area contributed by atoms with Crippen molar-refractivity contribution in [3.63, 3.8) is 0 Å². The van der Waals surface area contributed by atoms with Crippen molar-refractivity contribution < 1.29 is 17.9 Å². The number of benzene rings is 3. The highest BCUT2D eigenvalue weighted by molar-refractivity contribution is 7.92. The van der Waals surface area contributed by atoms with Gasteiger partial charge in [-0.3, -0.25) is 4.31 Å². The molecule has 0 saturated heterocycles. The van der Waals surface area contributed by atoms with E-state index >= 15 is 0 Å². The molecule has 1 N–H and O–H groups in total. The Kier molecular flexibility index (Phi) is 8.01. The summed E-state index contributed by atoms with van der Waals surface area (Å²) in [5.74, 6) is 0.811. The maximum atomic E-state index is 13.6. The van der Waals surface area contributed by atoms with Crippen LogP contribution in [0.2, 0.25) is 5.02 Å². The van der Waals surface area contributed by atoms with Crippen LogP contribution in [0.4, 0.5) is 5.69 Å². The molecule has 170 valence electrons. The smallest absolute Gasteiger partial charge is 0.264 e. The molecule has 0 spiro atoms. The van der Waals surface area contributed by atoms with E-state index in [1.54, 1.807) is 30.3 Å². The topological polar surface area (TPSA) is 67.9 Å². The second-order valence-corrected chi connectivity index (χ2v) is 9.53. The van der Waals surface area contributed by atoms with Crippen molar-refractivity contribution in [2.24, 2.45) is 0 Å². The third-order valence-corrected chi connectivity index (χ3v) is 7.07. The van der Waals surface area contributed by atoms with Gasteiger partial charge < -0.3 is 14.8 Å². The molecule has 3 aromatic carbocycles. The van der Waals surface area contributed by atoms with Crippen molar-refractivity contribution in [3.05, 3.63) is 82.9 Å². The first-order valence-electron chi connectivity index (χ1n) is 10.1. The molecule has 32 heavy (non-hydrogen) atoms. The van der Waals surface area contributed by atoms with Crippen LogP contribution in [-0.4, -0.2) is 35.7 Å². The molecule has 0 radical (unpaired) electrons. The minimum atomic E-state index is -3.86. The average molecular weight is 475 g/mol. The Morgan fingerprint density at radius 3 is 2.19 bits per heavy atom. The number of nitrogens with zero attached hydrogens (tertiary/aromatic N) is 1. The van der Waals surface area contributed by atoms with Gasteiger partial charge in [-0.1, -0.05) is 41.4 Å². The molecule has 0 aromatic heterocycles. The molecule has 0 atom stereocenters. The van der Waals surface area contributed by atoms with E-state index in [9.17, 15) is 8.42 Å². The number of halogens is 1. The summed E-state index contributed by atoms with van der Waals surface area (Å²) in [6.45, 7) is 3.39. The Bertz CT molecular complexity index is 1130. The minimum Gasteiger partial charge on any atom is -0.493 e. The van der Waals surface area contributed by atoms with Gasteiger partial charge in [0.2, 0.25) is 0 Å². The summed E-state index contributed by atoms with van der Waals surface area (Å²) in [4.78, 5) is 0.114. The van der Waals surface area contributed by atoms with Crippen molar-refractivity contribution in [2.45, 2.75) is 18.4 Å². The fraction of sp³-hybridized carbons (Fsp3) is 0.250. The van der Waals surface area contributed by atoms with Crippen LogP contribution in [-0.2, 0) is 16.6 Å². The molecule has 6 nitrogen and oxygen atoms in total. The summed E-state index contributed by atoms with van der Waals surface area (Å²) in [6, 6.07) is 19.5. The molecule has 0 amide bonds.